The van der Waals surface area contributed by atoms with Crippen LogP contribution in [0.1, 0.15) is 20.8 Å². The third kappa shape index (κ3) is 1.55. The summed E-state index contributed by atoms with van der Waals surface area (Å²) in [6.45, 7) is 9.43. The van der Waals surface area contributed by atoms with Crippen molar-refractivity contribution in [2.45, 2.75) is 20.8 Å². The summed E-state index contributed by atoms with van der Waals surface area (Å²) in [5.41, 5.74) is 0.206. The van der Waals surface area contributed by atoms with E-state index in [1.54, 1.807) is 6.92 Å². The predicted molar refractivity (Wildman–Crippen MR) is 47.0 cm³/mol. The van der Waals surface area contributed by atoms with Crippen LogP contribution in [0, 0.1) is 5.41 Å². The molecule has 0 aromatic rings. The Balaban J connectivity index is 2.90. The summed E-state index contributed by atoms with van der Waals surface area (Å²) >= 11 is 0. The fraction of sp³-hybridized carbons (Fsp3) is 0.556. The lowest BCUT2D eigenvalue weighted by molar-refractivity contribution is -0.128. The Bertz CT molecular complexity index is 264. The lowest BCUT2D eigenvalue weighted by Crippen LogP contribution is -2.35. The van der Waals surface area contributed by atoms with Gasteiger partial charge in [-0.25, -0.2) is 0 Å². The molecule has 1 aliphatic heterocycles. The zero-order chi connectivity index (χ0) is 9.35. The second kappa shape index (κ2) is 2.73. The smallest absolute Gasteiger partial charge is 0.258 e. The molecule has 12 heavy (non-hydrogen) atoms. The molecule has 0 unspecified atom stereocenters. The van der Waals surface area contributed by atoms with E-state index < -0.39 is 5.41 Å². The van der Waals surface area contributed by atoms with Crippen LogP contribution < -0.4 is 0 Å². The van der Waals surface area contributed by atoms with Crippen LogP contribution >= 0.6 is 0 Å². The van der Waals surface area contributed by atoms with Gasteiger partial charge in [-0.15, -0.1) is 0 Å². The highest BCUT2D eigenvalue weighted by Gasteiger charge is 2.33. The van der Waals surface area contributed by atoms with Crippen LogP contribution in [0.2, 0.25) is 0 Å². The zero-order valence-electron chi connectivity index (χ0n) is 7.68. The fourth-order valence-electron chi connectivity index (χ4n) is 0.805. The van der Waals surface area contributed by atoms with Crippen LogP contribution in [0.15, 0.2) is 17.1 Å². The molecule has 0 aromatic carbocycles. The molecule has 3 heteroatoms. The maximum Gasteiger partial charge on any atom is 0.258 e. The van der Waals surface area contributed by atoms with Crippen LogP contribution in [0.3, 0.4) is 0 Å². The Morgan fingerprint density at radius 2 is 2.25 bits per heavy atom. The van der Waals surface area contributed by atoms with Crippen molar-refractivity contribution in [3.05, 3.63) is 12.2 Å². The molecule has 1 amide bonds. The molecule has 0 spiro atoms. The van der Waals surface area contributed by atoms with Crippen molar-refractivity contribution in [1.82, 2.24) is 0 Å². The van der Waals surface area contributed by atoms with Crippen molar-refractivity contribution in [3.63, 3.8) is 0 Å². The molecule has 0 N–H and O–H groups in total. The molecule has 1 heterocycles. The minimum Gasteiger partial charge on any atom is -0.476 e. The second-order valence-electron chi connectivity index (χ2n) is 3.67. The van der Waals surface area contributed by atoms with Crippen LogP contribution in [0.25, 0.3) is 0 Å². The minimum absolute atomic E-state index is 0.133. The molecular weight excluding hydrogens is 154 g/mol. The van der Waals surface area contributed by atoms with Crippen molar-refractivity contribution in [1.29, 1.82) is 0 Å². The average molecular weight is 167 g/mol. The quantitative estimate of drug-likeness (QED) is 0.594. The first kappa shape index (κ1) is 8.97. The molecule has 0 aromatic heterocycles. The molecule has 0 saturated heterocycles. The molecule has 1 aliphatic rings. The van der Waals surface area contributed by atoms with Crippen molar-refractivity contribution in [3.8, 4) is 0 Å². The van der Waals surface area contributed by atoms with Crippen molar-refractivity contribution in [2.75, 3.05) is 6.61 Å². The van der Waals surface area contributed by atoms with E-state index in [2.05, 4.69) is 11.6 Å². The Morgan fingerprint density at radius 1 is 1.67 bits per heavy atom. The lowest BCUT2D eigenvalue weighted by atomic mass is 9.93. The van der Waals surface area contributed by atoms with Crippen molar-refractivity contribution >= 4 is 11.8 Å². The van der Waals surface area contributed by atoms with Gasteiger partial charge in [-0.3, -0.25) is 4.79 Å². The van der Waals surface area contributed by atoms with E-state index in [1.165, 1.54) is 0 Å². The van der Waals surface area contributed by atoms with Gasteiger partial charge < -0.3 is 4.74 Å². The van der Waals surface area contributed by atoms with E-state index in [0.29, 0.717) is 18.1 Å². The molecule has 0 atom stereocenters. The Hall–Kier alpha value is -1.12. The Labute approximate surface area is 72.1 Å². The van der Waals surface area contributed by atoms with Gasteiger partial charge in [0.1, 0.15) is 6.61 Å². The van der Waals surface area contributed by atoms with Gasteiger partial charge in [-0.05, 0) is 20.8 Å². The lowest BCUT2D eigenvalue weighted by Gasteiger charge is -2.26. The molecule has 1 rings (SSSR count). The molecule has 0 radical (unpaired) electrons. The van der Waals surface area contributed by atoms with Gasteiger partial charge in [0.05, 0.1) is 5.41 Å². The summed E-state index contributed by atoms with van der Waals surface area (Å²) in [5, 5.41) is 0. The number of rotatable bonds is 1. The number of ether oxygens (including phenoxy) is 1. The summed E-state index contributed by atoms with van der Waals surface area (Å²) in [4.78, 5) is 15.1. The number of hydrogen-bond acceptors (Lipinski definition) is 2. The third-order valence-electron chi connectivity index (χ3n) is 1.72. The number of nitrogens with zero attached hydrogens (tertiary/aromatic N) is 1. The van der Waals surface area contributed by atoms with Gasteiger partial charge in [-0.2, -0.15) is 4.99 Å². The summed E-state index contributed by atoms with van der Waals surface area (Å²) < 4.78 is 5.25. The van der Waals surface area contributed by atoms with Gasteiger partial charge in [0.25, 0.3) is 5.91 Å². The average Bonchev–Trinajstić information content (AvgIpc) is 1.94. The van der Waals surface area contributed by atoms with E-state index in [0.717, 1.165) is 0 Å². The molecule has 3 nitrogen and oxygen atoms in total. The molecule has 0 bridgehead atoms. The highest BCUT2D eigenvalue weighted by Crippen LogP contribution is 2.22. The number of carbonyl (C=O) groups excluding carboxylic acids is 1. The van der Waals surface area contributed by atoms with Crippen LogP contribution in [-0.4, -0.2) is 18.4 Å². The van der Waals surface area contributed by atoms with Gasteiger partial charge >= 0.3 is 0 Å². The maximum atomic E-state index is 11.3. The van der Waals surface area contributed by atoms with Crippen LogP contribution in [0.4, 0.5) is 0 Å². The first-order valence-corrected chi connectivity index (χ1v) is 3.85. The molecule has 0 aliphatic carbocycles. The number of hydrogen-bond donors (Lipinski definition) is 0. The van der Waals surface area contributed by atoms with E-state index in [4.69, 9.17) is 4.74 Å². The van der Waals surface area contributed by atoms with Gasteiger partial charge in [0, 0.05) is 5.57 Å². The number of carbonyl (C=O) groups is 1. The standard InChI is InChI=1S/C9H13NO2/c1-6(2)7-10-8(11)9(3,4)5-12-7/h1,5H2,2-4H3. The van der Waals surface area contributed by atoms with E-state index in [-0.39, 0.29) is 5.91 Å². The number of aliphatic imine (C=N–C) groups is 1. The van der Waals surface area contributed by atoms with E-state index in [9.17, 15) is 4.79 Å². The van der Waals surface area contributed by atoms with Crippen LogP contribution in [0.5, 0.6) is 0 Å². The van der Waals surface area contributed by atoms with E-state index >= 15 is 0 Å². The van der Waals surface area contributed by atoms with Gasteiger partial charge in [0.15, 0.2) is 0 Å². The SMILES string of the molecule is C=C(C)C1=NC(=O)C(C)(C)CO1. The summed E-state index contributed by atoms with van der Waals surface area (Å²) in [6.07, 6.45) is 0. The first-order valence-electron chi connectivity index (χ1n) is 3.85. The summed E-state index contributed by atoms with van der Waals surface area (Å²) in [6, 6.07) is 0. The highest BCUT2D eigenvalue weighted by atomic mass is 16.5. The monoisotopic (exact) mass is 167 g/mol. The highest BCUT2D eigenvalue weighted by molar-refractivity contribution is 6.03. The normalized spacial score (nSPS) is 21.2. The first-order chi connectivity index (χ1) is 5.43. The molecule has 0 fully saturated rings. The van der Waals surface area contributed by atoms with Crippen LogP contribution in [-0.2, 0) is 9.53 Å². The topological polar surface area (TPSA) is 38.7 Å². The Morgan fingerprint density at radius 3 is 2.67 bits per heavy atom. The summed E-state index contributed by atoms with van der Waals surface area (Å²) in [7, 11) is 0. The zero-order valence-corrected chi connectivity index (χ0v) is 7.68. The summed E-state index contributed by atoms with van der Waals surface area (Å²) in [5.74, 6) is 0.242. The minimum atomic E-state index is -0.487. The molecular formula is C9H13NO2. The molecule has 0 saturated carbocycles. The third-order valence-corrected chi connectivity index (χ3v) is 1.72. The Kier molecular flexibility index (Phi) is 2.04. The van der Waals surface area contributed by atoms with Gasteiger partial charge in [-0.1, -0.05) is 6.58 Å². The predicted octanol–water partition coefficient (Wildman–Crippen LogP) is 1.54. The van der Waals surface area contributed by atoms with Crippen molar-refractivity contribution in [2.24, 2.45) is 10.4 Å². The van der Waals surface area contributed by atoms with E-state index in [1.807, 2.05) is 13.8 Å². The van der Waals surface area contributed by atoms with Gasteiger partial charge in [0.2, 0.25) is 5.90 Å². The largest absolute Gasteiger partial charge is 0.476 e. The molecule has 66 valence electrons. The van der Waals surface area contributed by atoms with Crippen molar-refractivity contribution < 1.29 is 9.53 Å². The maximum absolute atomic E-state index is 11.3. The fourth-order valence-corrected chi connectivity index (χ4v) is 0.805. The number of amides is 1. The second-order valence-corrected chi connectivity index (χ2v) is 3.67.